The van der Waals surface area contributed by atoms with Crippen LogP contribution in [-0.4, -0.2) is 28.9 Å². The number of nitrogens with one attached hydrogen (secondary N) is 2. The maximum Gasteiger partial charge on any atom is 0.321 e. The molecule has 0 unspecified atom stereocenters. The van der Waals surface area contributed by atoms with Crippen LogP contribution in [0.1, 0.15) is 17.6 Å². The van der Waals surface area contributed by atoms with E-state index in [4.69, 9.17) is 0 Å². The summed E-state index contributed by atoms with van der Waals surface area (Å²) in [5, 5.41) is 7.86. The highest BCUT2D eigenvalue weighted by Crippen LogP contribution is 2.20. The minimum Gasteiger partial charge on any atom is -0.324 e. The molecule has 6 nitrogen and oxygen atoms in total. The molecule has 0 saturated heterocycles. The lowest BCUT2D eigenvalue weighted by molar-refractivity contribution is -0.114. The molecule has 0 saturated carbocycles. The molecule has 0 aliphatic heterocycles. The molecule has 2 rings (SSSR count). The summed E-state index contributed by atoms with van der Waals surface area (Å²) in [6.45, 7) is 3.56. The second-order valence-electron chi connectivity index (χ2n) is 5.02. The number of halogens is 1. The number of hydrogen-bond acceptors (Lipinski definition) is 4. The standard InChI is InChI=1S/C15H17FN4O2S/c1-9(21)17-14-6-11(4-5-13(14)16)19-15(22)20(3)7-12-8-23-10(2)18-12/h4-6,8H,7H2,1-3H3,(H,17,21)(H,19,22). The van der Waals surface area contributed by atoms with Gasteiger partial charge in [0.2, 0.25) is 5.91 Å². The molecule has 0 atom stereocenters. The van der Waals surface area contributed by atoms with Crippen LogP contribution in [0.3, 0.4) is 0 Å². The van der Waals surface area contributed by atoms with Gasteiger partial charge >= 0.3 is 6.03 Å². The summed E-state index contributed by atoms with van der Waals surface area (Å²) in [4.78, 5) is 29.0. The van der Waals surface area contributed by atoms with Gasteiger partial charge in [0.1, 0.15) is 5.82 Å². The van der Waals surface area contributed by atoms with Crippen molar-refractivity contribution in [2.24, 2.45) is 0 Å². The molecule has 0 aliphatic carbocycles. The Kier molecular flexibility index (Phi) is 5.28. The molecular weight excluding hydrogens is 319 g/mol. The summed E-state index contributed by atoms with van der Waals surface area (Å²) in [5.41, 5.74) is 1.22. The molecule has 1 aromatic carbocycles. The predicted octanol–water partition coefficient (Wildman–Crippen LogP) is 3.21. The number of hydrogen-bond donors (Lipinski definition) is 2. The molecule has 2 N–H and O–H groups in total. The maximum absolute atomic E-state index is 13.6. The van der Waals surface area contributed by atoms with Gasteiger partial charge in [0.05, 0.1) is 22.9 Å². The zero-order valence-electron chi connectivity index (χ0n) is 13.0. The molecule has 3 amide bonds. The van der Waals surface area contributed by atoms with E-state index in [2.05, 4.69) is 15.6 Å². The third-order valence-electron chi connectivity index (χ3n) is 2.94. The van der Waals surface area contributed by atoms with Crippen LogP contribution in [-0.2, 0) is 11.3 Å². The average molecular weight is 336 g/mol. The van der Waals surface area contributed by atoms with E-state index in [0.717, 1.165) is 10.7 Å². The number of amides is 3. The minimum absolute atomic E-state index is 0.0214. The first-order valence-electron chi connectivity index (χ1n) is 6.85. The SMILES string of the molecule is CC(=O)Nc1cc(NC(=O)N(C)Cc2csc(C)n2)ccc1F. The summed E-state index contributed by atoms with van der Waals surface area (Å²) in [6.07, 6.45) is 0. The molecule has 122 valence electrons. The van der Waals surface area contributed by atoms with Gasteiger partial charge in [-0.2, -0.15) is 0 Å². The van der Waals surface area contributed by atoms with Crippen molar-refractivity contribution in [1.82, 2.24) is 9.88 Å². The average Bonchev–Trinajstić information content (AvgIpc) is 2.87. The Balaban J connectivity index is 2.03. The second kappa shape index (κ2) is 7.19. The van der Waals surface area contributed by atoms with Crippen molar-refractivity contribution in [1.29, 1.82) is 0 Å². The number of urea groups is 1. The van der Waals surface area contributed by atoms with Crippen LogP contribution in [0.2, 0.25) is 0 Å². The van der Waals surface area contributed by atoms with Gasteiger partial charge in [-0.25, -0.2) is 14.2 Å². The van der Waals surface area contributed by atoms with Crippen molar-refractivity contribution in [2.75, 3.05) is 17.7 Å². The molecule has 1 heterocycles. The smallest absolute Gasteiger partial charge is 0.321 e. The zero-order valence-corrected chi connectivity index (χ0v) is 13.8. The van der Waals surface area contributed by atoms with E-state index in [1.165, 1.54) is 41.4 Å². The van der Waals surface area contributed by atoms with Gasteiger partial charge in [0, 0.05) is 25.0 Å². The second-order valence-corrected chi connectivity index (χ2v) is 6.08. The molecule has 8 heteroatoms. The topological polar surface area (TPSA) is 74.3 Å². The molecule has 0 fully saturated rings. The fraction of sp³-hybridized carbons (Fsp3) is 0.267. The maximum atomic E-state index is 13.6. The van der Waals surface area contributed by atoms with Crippen molar-refractivity contribution in [3.05, 3.63) is 40.1 Å². The molecule has 23 heavy (non-hydrogen) atoms. The van der Waals surface area contributed by atoms with E-state index in [1.54, 1.807) is 7.05 Å². The molecule has 1 aromatic heterocycles. The van der Waals surface area contributed by atoms with Gasteiger partial charge < -0.3 is 15.5 Å². The Morgan fingerprint density at radius 2 is 2.09 bits per heavy atom. The normalized spacial score (nSPS) is 10.3. The zero-order chi connectivity index (χ0) is 17.0. The van der Waals surface area contributed by atoms with E-state index in [1.807, 2.05) is 12.3 Å². The van der Waals surface area contributed by atoms with Gasteiger partial charge in [-0.05, 0) is 25.1 Å². The highest BCUT2D eigenvalue weighted by atomic mass is 32.1. The number of aryl methyl sites for hydroxylation is 1. The van der Waals surface area contributed by atoms with Crippen molar-refractivity contribution < 1.29 is 14.0 Å². The van der Waals surface area contributed by atoms with Crippen LogP contribution in [0.4, 0.5) is 20.6 Å². The van der Waals surface area contributed by atoms with Crippen molar-refractivity contribution in [2.45, 2.75) is 20.4 Å². The van der Waals surface area contributed by atoms with Crippen LogP contribution in [0.5, 0.6) is 0 Å². The molecule has 0 spiro atoms. The Morgan fingerprint density at radius 1 is 1.35 bits per heavy atom. The van der Waals surface area contributed by atoms with Gasteiger partial charge in [0.15, 0.2) is 0 Å². The predicted molar refractivity (Wildman–Crippen MR) is 88.0 cm³/mol. The largest absolute Gasteiger partial charge is 0.324 e. The van der Waals surface area contributed by atoms with Crippen molar-refractivity contribution in [3.8, 4) is 0 Å². The Morgan fingerprint density at radius 3 is 2.70 bits per heavy atom. The summed E-state index contributed by atoms with van der Waals surface area (Å²) < 4.78 is 13.6. The van der Waals surface area contributed by atoms with E-state index >= 15 is 0 Å². The van der Waals surface area contributed by atoms with Gasteiger partial charge in [-0.15, -0.1) is 11.3 Å². The molecule has 0 aliphatic rings. The number of carbonyl (C=O) groups is 2. The van der Waals surface area contributed by atoms with Crippen molar-refractivity contribution >= 4 is 34.6 Å². The number of aromatic nitrogens is 1. The number of carbonyl (C=O) groups excluding carboxylic acids is 2. The molecule has 2 aromatic rings. The van der Waals surface area contributed by atoms with E-state index in [-0.39, 0.29) is 17.6 Å². The first-order chi connectivity index (χ1) is 10.8. The van der Waals surface area contributed by atoms with E-state index in [0.29, 0.717) is 12.2 Å². The van der Waals surface area contributed by atoms with Gasteiger partial charge in [0.25, 0.3) is 0 Å². The molecule has 0 bridgehead atoms. The quantitative estimate of drug-likeness (QED) is 0.900. The van der Waals surface area contributed by atoms with Crippen molar-refractivity contribution in [3.63, 3.8) is 0 Å². The Hall–Kier alpha value is -2.48. The minimum atomic E-state index is -0.565. The lowest BCUT2D eigenvalue weighted by atomic mass is 10.2. The van der Waals surface area contributed by atoms with Crippen LogP contribution < -0.4 is 10.6 Å². The van der Waals surface area contributed by atoms with Crippen LogP contribution in [0.25, 0.3) is 0 Å². The summed E-state index contributed by atoms with van der Waals surface area (Å²) >= 11 is 1.52. The first kappa shape index (κ1) is 16.9. The van der Waals surface area contributed by atoms with E-state index in [9.17, 15) is 14.0 Å². The molecule has 0 radical (unpaired) electrons. The van der Waals surface area contributed by atoms with Gasteiger partial charge in [-0.3, -0.25) is 4.79 Å². The first-order valence-corrected chi connectivity index (χ1v) is 7.73. The van der Waals surface area contributed by atoms with Crippen LogP contribution in [0.15, 0.2) is 23.6 Å². The number of nitrogens with zero attached hydrogens (tertiary/aromatic N) is 2. The third kappa shape index (κ3) is 4.75. The van der Waals surface area contributed by atoms with Crippen LogP contribution >= 0.6 is 11.3 Å². The number of anilines is 2. The summed E-state index contributed by atoms with van der Waals surface area (Å²) in [5.74, 6) is -0.951. The lowest BCUT2D eigenvalue weighted by Gasteiger charge is -2.17. The van der Waals surface area contributed by atoms with E-state index < -0.39 is 5.82 Å². The third-order valence-corrected chi connectivity index (χ3v) is 3.76. The highest BCUT2D eigenvalue weighted by Gasteiger charge is 2.12. The lowest BCUT2D eigenvalue weighted by Crippen LogP contribution is -2.31. The van der Waals surface area contributed by atoms with Gasteiger partial charge in [-0.1, -0.05) is 0 Å². The molecular formula is C15H17FN4O2S. The number of rotatable bonds is 4. The summed E-state index contributed by atoms with van der Waals surface area (Å²) in [7, 11) is 1.64. The van der Waals surface area contributed by atoms with Crippen LogP contribution in [0, 0.1) is 12.7 Å². The highest BCUT2D eigenvalue weighted by molar-refractivity contribution is 7.09. The fourth-order valence-electron chi connectivity index (χ4n) is 1.90. The Labute approximate surface area is 137 Å². The number of thiazole rings is 1. The Bertz CT molecular complexity index is 732. The summed E-state index contributed by atoms with van der Waals surface area (Å²) in [6, 6.07) is 3.63. The number of benzene rings is 1. The fourth-order valence-corrected chi connectivity index (χ4v) is 2.51. The monoisotopic (exact) mass is 336 g/mol.